The first-order chi connectivity index (χ1) is 16.8. The van der Waals surface area contributed by atoms with Gasteiger partial charge < -0.3 is 0 Å². The van der Waals surface area contributed by atoms with Gasteiger partial charge in [-0.25, -0.2) is 0 Å². The van der Waals surface area contributed by atoms with Crippen LogP contribution in [0.3, 0.4) is 0 Å². The number of hydrogen-bond donors (Lipinski definition) is 0. The maximum atomic E-state index is 14.0. The van der Waals surface area contributed by atoms with Crippen molar-refractivity contribution in [1.29, 1.82) is 0 Å². The van der Waals surface area contributed by atoms with E-state index in [0.717, 1.165) is 19.4 Å². The molecule has 0 amide bonds. The number of benzene rings is 2. The highest BCUT2D eigenvalue weighted by molar-refractivity contribution is 5.50. The Hall–Kier alpha value is -2.02. The third-order valence-corrected chi connectivity index (χ3v) is 8.28. The molecule has 198 valence electrons. The van der Waals surface area contributed by atoms with Crippen LogP contribution in [0, 0.1) is 0 Å². The number of halogens is 6. The van der Waals surface area contributed by atoms with Gasteiger partial charge in [0.2, 0.25) is 0 Å². The maximum Gasteiger partial charge on any atom is 0.398 e. The quantitative estimate of drug-likeness (QED) is 0.291. The maximum absolute atomic E-state index is 14.0. The molecule has 0 radical (unpaired) electrons. The van der Waals surface area contributed by atoms with Crippen molar-refractivity contribution in [2.24, 2.45) is 0 Å². The predicted molar refractivity (Wildman–Crippen MR) is 130 cm³/mol. The Labute approximate surface area is 209 Å². The second kappa shape index (κ2) is 9.70. The van der Waals surface area contributed by atoms with Gasteiger partial charge in [0, 0.05) is 18.6 Å². The van der Waals surface area contributed by atoms with Crippen LogP contribution >= 0.6 is 0 Å². The molecule has 0 bridgehead atoms. The van der Waals surface area contributed by atoms with Crippen molar-refractivity contribution in [3.05, 3.63) is 70.8 Å². The normalized spacial score (nSPS) is 19.5. The molecule has 36 heavy (non-hydrogen) atoms. The summed E-state index contributed by atoms with van der Waals surface area (Å²) in [4.78, 5) is 2.38. The Bertz CT molecular complexity index is 1030. The SMILES string of the molecule is CC(C)N(CCc1ccccc1)C(C)CCc1ccc(C2(C(F)(F)F)CC2)c(C2(C(F)(F)F)CC2)c1. The molecule has 0 aromatic heterocycles. The van der Waals surface area contributed by atoms with Crippen molar-refractivity contribution < 1.29 is 26.3 Å². The van der Waals surface area contributed by atoms with Gasteiger partial charge >= 0.3 is 12.4 Å². The summed E-state index contributed by atoms with van der Waals surface area (Å²) in [6.07, 6.45) is -7.52. The highest BCUT2D eigenvalue weighted by atomic mass is 19.4. The van der Waals surface area contributed by atoms with E-state index < -0.39 is 23.2 Å². The first kappa shape index (κ1) is 27.0. The summed E-state index contributed by atoms with van der Waals surface area (Å²) >= 11 is 0. The summed E-state index contributed by atoms with van der Waals surface area (Å²) in [5.41, 5.74) is -2.63. The molecular formula is C29H35F6N. The highest BCUT2D eigenvalue weighted by Crippen LogP contribution is 2.66. The van der Waals surface area contributed by atoms with Crippen LogP contribution in [-0.4, -0.2) is 35.9 Å². The molecule has 2 aliphatic carbocycles. The molecule has 2 fully saturated rings. The second-order valence-corrected chi connectivity index (χ2v) is 11.0. The van der Waals surface area contributed by atoms with E-state index in [0.29, 0.717) is 18.0 Å². The fourth-order valence-electron chi connectivity index (χ4n) is 5.65. The molecule has 0 spiro atoms. The van der Waals surface area contributed by atoms with Gasteiger partial charge in [0.25, 0.3) is 0 Å². The monoisotopic (exact) mass is 511 g/mol. The van der Waals surface area contributed by atoms with Crippen LogP contribution in [0.2, 0.25) is 0 Å². The zero-order valence-electron chi connectivity index (χ0n) is 21.1. The van der Waals surface area contributed by atoms with Crippen molar-refractivity contribution in [3.8, 4) is 0 Å². The Morgan fingerprint density at radius 1 is 0.722 bits per heavy atom. The summed E-state index contributed by atoms with van der Waals surface area (Å²) in [6, 6.07) is 15.1. The van der Waals surface area contributed by atoms with Gasteiger partial charge in [-0.15, -0.1) is 0 Å². The van der Waals surface area contributed by atoms with Crippen molar-refractivity contribution in [2.45, 2.75) is 101 Å². The Morgan fingerprint density at radius 3 is 1.78 bits per heavy atom. The lowest BCUT2D eigenvalue weighted by molar-refractivity contribution is -0.167. The van der Waals surface area contributed by atoms with E-state index in [1.54, 1.807) is 6.07 Å². The zero-order chi connectivity index (χ0) is 26.4. The molecule has 1 atom stereocenters. The summed E-state index contributed by atoms with van der Waals surface area (Å²) < 4.78 is 83.8. The molecule has 0 aliphatic heterocycles. The van der Waals surface area contributed by atoms with E-state index in [1.165, 1.54) is 17.7 Å². The van der Waals surface area contributed by atoms with Crippen LogP contribution in [0.15, 0.2) is 48.5 Å². The minimum atomic E-state index is -4.55. The minimum Gasteiger partial charge on any atom is -0.298 e. The summed E-state index contributed by atoms with van der Waals surface area (Å²) in [5, 5.41) is 0. The van der Waals surface area contributed by atoms with E-state index in [1.807, 2.05) is 18.2 Å². The molecule has 7 heteroatoms. The Balaban J connectivity index is 1.53. The van der Waals surface area contributed by atoms with Crippen molar-refractivity contribution in [1.82, 2.24) is 4.90 Å². The van der Waals surface area contributed by atoms with E-state index in [4.69, 9.17) is 0 Å². The van der Waals surface area contributed by atoms with Gasteiger partial charge in [0.1, 0.15) is 0 Å². The fraction of sp³-hybridized carbons (Fsp3) is 0.586. The molecule has 1 unspecified atom stereocenters. The Morgan fingerprint density at radius 2 is 1.28 bits per heavy atom. The number of nitrogens with zero attached hydrogens (tertiary/aromatic N) is 1. The molecule has 2 saturated carbocycles. The first-order valence-corrected chi connectivity index (χ1v) is 12.9. The smallest absolute Gasteiger partial charge is 0.298 e. The van der Waals surface area contributed by atoms with Crippen LogP contribution in [0.4, 0.5) is 26.3 Å². The highest BCUT2D eigenvalue weighted by Gasteiger charge is 2.70. The second-order valence-electron chi connectivity index (χ2n) is 11.0. The third kappa shape index (κ3) is 5.18. The van der Waals surface area contributed by atoms with E-state index in [9.17, 15) is 26.3 Å². The van der Waals surface area contributed by atoms with E-state index in [2.05, 4.69) is 37.8 Å². The van der Waals surface area contributed by atoms with E-state index >= 15 is 0 Å². The van der Waals surface area contributed by atoms with Gasteiger partial charge in [-0.2, -0.15) is 26.3 Å². The third-order valence-electron chi connectivity index (χ3n) is 8.28. The molecule has 0 saturated heterocycles. The lowest BCUT2D eigenvalue weighted by Gasteiger charge is -2.33. The molecule has 0 heterocycles. The van der Waals surface area contributed by atoms with E-state index in [-0.39, 0.29) is 42.9 Å². The molecule has 1 nitrogen and oxygen atoms in total. The largest absolute Gasteiger partial charge is 0.398 e. The lowest BCUT2D eigenvalue weighted by Crippen LogP contribution is -2.40. The van der Waals surface area contributed by atoms with Gasteiger partial charge in [0.15, 0.2) is 0 Å². The van der Waals surface area contributed by atoms with Gasteiger partial charge in [-0.3, -0.25) is 4.90 Å². The number of rotatable bonds is 10. The molecule has 0 N–H and O–H groups in total. The molecule has 2 aromatic rings. The van der Waals surface area contributed by atoms with Gasteiger partial charge in [-0.1, -0.05) is 48.5 Å². The first-order valence-electron chi connectivity index (χ1n) is 12.9. The zero-order valence-corrected chi connectivity index (χ0v) is 21.1. The summed E-state index contributed by atoms with van der Waals surface area (Å²) in [7, 11) is 0. The summed E-state index contributed by atoms with van der Waals surface area (Å²) in [6.45, 7) is 7.22. The number of alkyl halides is 6. The van der Waals surface area contributed by atoms with Crippen LogP contribution in [0.25, 0.3) is 0 Å². The number of hydrogen-bond acceptors (Lipinski definition) is 1. The molecule has 4 rings (SSSR count). The average Bonchev–Trinajstić information content (AvgIpc) is 3.70. The summed E-state index contributed by atoms with van der Waals surface area (Å²) in [5.74, 6) is 0. The van der Waals surface area contributed by atoms with Crippen LogP contribution < -0.4 is 0 Å². The van der Waals surface area contributed by atoms with Crippen molar-refractivity contribution >= 4 is 0 Å². The minimum absolute atomic E-state index is 0.139. The fourth-order valence-corrected chi connectivity index (χ4v) is 5.65. The topological polar surface area (TPSA) is 3.24 Å². The molecule has 2 aliphatic rings. The van der Waals surface area contributed by atoms with Crippen molar-refractivity contribution in [2.75, 3.05) is 6.54 Å². The van der Waals surface area contributed by atoms with Gasteiger partial charge in [0.05, 0.1) is 10.8 Å². The standard InChI is InChI=1S/C29H35F6N/c1-20(2)36(18-13-22-7-5-4-6-8-22)21(3)9-10-23-11-12-24(26(14-15-26)28(30,31)32)25(19-23)27(16-17-27)29(33,34)35/h4-8,11-12,19-21H,9-10,13-18H2,1-3H3. The molecule has 2 aromatic carbocycles. The number of aryl methyl sites for hydroxylation is 1. The van der Waals surface area contributed by atoms with Crippen LogP contribution in [0.5, 0.6) is 0 Å². The predicted octanol–water partition coefficient (Wildman–Crippen LogP) is 8.15. The molecular weight excluding hydrogens is 476 g/mol. The van der Waals surface area contributed by atoms with Gasteiger partial charge in [-0.05, 0) is 88.0 Å². The Kier molecular flexibility index (Phi) is 7.28. The van der Waals surface area contributed by atoms with Crippen molar-refractivity contribution in [3.63, 3.8) is 0 Å². The van der Waals surface area contributed by atoms with Crippen LogP contribution in [0.1, 0.15) is 75.1 Å². The van der Waals surface area contributed by atoms with Crippen LogP contribution in [-0.2, 0) is 23.7 Å². The lowest BCUT2D eigenvalue weighted by atomic mass is 9.81. The average molecular weight is 512 g/mol.